The molecule has 154 valence electrons. The summed E-state index contributed by atoms with van der Waals surface area (Å²) in [4.78, 5) is 12.5. The third kappa shape index (κ3) is 3.49. The van der Waals surface area contributed by atoms with Crippen molar-refractivity contribution in [2.75, 3.05) is 7.05 Å². The molecule has 0 radical (unpaired) electrons. The highest BCUT2D eigenvalue weighted by Gasteiger charge is 2.27. The SMILES string of the molecule is CNC(=O)N1N=C(c2ccc(-c3c(C)noc3C)cc2)c2cc(C)ccc2CC1C. The van der Waals surface area contributed by atoms with Crippen LogP contribution in [-0.4, -0.2) is 35.0 Å². The number of urea groups is 1. The summed E-state index contributed by atoms with van der Waals surface area (Å²) in [6.07, 6.45) is 0.743. The van der Waals surface area contributed by atoms with Crippen LogP contribution < -0.4 is 5.32 Å². The van der Waals surface area contributed by atoms with Crippen molar-refractivity contribution in [2.24, 2.45) is 5.10 Å². The minimum atomic E-state index is -0.211. The molecule has 1 aliphatic rings. The van der Waals surface area contributed by atoms with Crippen LogP contribution >= 0.6 is 0 Å². The van der Waals surface area contributed by atoms with Gasteiger partial charge in [0.25, 0.3) is 0 Å². The molecule has 0 aliphatic carbocycles. The molecule has 0 saturated heterocycles. The molecule has 0 fully saturated rings. The van der Waals surface area contributed by atoms with E-state index in [0.717, 1.165) is 51.4 Å². The Kier molecular flexibility index (Phi) is 5.16. The number of nitrogens with zero attached hydrogens (tertiary/aromatic N) is 3. The molecule has 30 heavy (non-hydrogen) atoms. The van der Waals surface area contributed by atoms with Gasteiger partial charge in [-0.1, -0.05) is 47.1 Å². The van der Waals surface area contributed by atoms with Crippen molar-refractivity contribution in [1.29, 1.82) is 0 Å². The number of nitrogens with one attached hydrogen (secondary N) is 1. The lowest BCUT2D eigenvalue weighted by Crippen LogP contribution is -2.41. The van der Waals surface area contributed by atoms with Gasteiger partial charge in [-0.3, -0.25) is 0 Å². The highest BCUT2D eigenvalue weighted by atomic mass is 16.5. The molecule has 1 aliphatic heterocycles. The summed E-state index contributed by atoms with van der Waals surface area (Å²) in [7, 11) is 1.63. The van der Waals surface area contributed by atoms with Crippen molar-refractivity contribution in [2.45, 2.75) is 40.2 Å². The van der Waals surface area contributed by atoms with E-state index in [9.17, 15) is 4.79 Å². The summed E-state index contributed by atoms with van der Waals surface area (Å²) < 4.78 is 5.31. The summed E-state index contributed by atoms with van der Waals surface area (Å²) in [5.74, 6) is 0.799. The number of amides is 2. The van der Waals surface area contributed by atoms with E-state index in [1.54, 1.807) is 12.1 Å². The molecule has 2 aromatic carbocycles. The van der Waals surface area contributed by atoms with Crippen LogP contribution in [0.1, 0.15) is 40.6 Å². The lowest BCUT2D eigenvalue weighted by atomic mass is 9.92. The maximum atomic E-state index is 12.5. The van der Waals surface area contributed by atoms with Gasteiger partial charge >= 0.3 is 6.03 Å². The second kappa shape index (κ2) is 7.78. The van der Waals surface area contributed by atoms with E-state index in [1.165, 1.54) is 5.56 Å². The monoisotopic (exact) mass is 402 g/mol. The van der Waals surface area contributed by atoms with Crippen molar-refractivity contribution < 1.29 is 9.32 Å². The van der Waals surface area contributed by atoms with Crippen LogP contribution in [-0.2, 0) is 6.42 Å². The van der Waals surface area contributed by atoms with E-state index in [4.69, 9.17) is 9.62 Å². The van der Waals surface area contributed by atoms with Gasteiger partial charge in [0, 0.05) is 23.7 Å². The molecular formula is C24H26N4O2. The third-order valence-electron chi connectivity index (χ3n) is 5.56. The maximum absolute atomic E-state index is 12.5. The Morgan fingerprint density at radius 1 is 1.10 bits per heavy atom. The van der Waals surface area contributed by atoms with E-state index in [1.807, 2.05) is 32.9 Å². The number of carbonyl (C=O) groups excluding carboxylic acids is 1. The van der Waals surface area contributed by atoms with E-state index in [2.05, 4.69) is 47.7 Å². The molecule has 3 aromatic rings. The lowest BCUT2D eigenvalue weighted by molar-refractivity contribution is 0.184. The summed E-state index contributed by atoms with van der Waals surface area (Å²) in [6.45, 7) is 7.95. The fourth-order valence-electron chi connectivity index (χ4n) is 4.02. The van der Waals surface area contributed by atoms with E-state index < -0.39 is 0 Å². The zero-order valence-electron chi connectivity index (χ0n) is 18.0. The van der Waals surface area contributed by atoms with Crippen molar-refractivity contribution in [3.8, 4) is 11.1 Å². The predicted molar refractivity (Wildman–Crippen MR) is 118 cm³/mol. The molecule has 1 aromatic heterocycles. The summed E-state index contributed by atoms with van der Waals surface area (Å²) in [5.41, 5.74) is 8.10. The zero-order valence-corrected chi connectivity index (χ0v) is 18.0. The molecule has 6 nitrogen and oxygen atoms in total. The highest BCUT2D eigenvalue weighted by Crippen LogP contribution is 2.29. The first kappa shape index (κ1) is 19.9. The number of rotatable bonds is 2. The van der Waals surface area contributed by atoms with Crippen LogP contribution in [0.15, 0.2) is 52.1 Å². The number of aromatic nitrogens is 1. The molecule has 0 bridgehead atoms. The van der Waals surface area contributed by atoms with Crippen LogP contribution in [0.25, 0.3) is 11.1 Å². The van der Waals surface area contributed by atoms with Gasteiger partial charge in [0.15, 0.2) is 0 Å². The normalized spacial score (nSPS) is 16.0. The first-order chi connectivity index (χ1) is 14.4. The number of aryl methyl sites for hydroxylation is 3. The van der Waals surface area contributed by atoms with Gasteiger partial charge in [0.2, 0.25) is 0 Å². The van der Waals surface area contributed by atoms with Gasteiger partial charge in [-0.05, 0) is 51.3 Å². The average Bonchev–Trinajstić information content (AvgIpc) is 3.00. The first-order valence-electron chi connectivity index (χ1n) is 10.1. The predicted octanol–water partition coefficient (Wildman–Crippen LogP) is 4.61. The van der Waals surface area contributed by atoms with Crippen molar-refractivity contribution in [3.05, 3.63) is 76.2 Å². The summed E-state index contributed by atoms with van der Waals surface area (Å²) >= 11 is 0. The number of hydrazone groups is 1. The first-order valence-corrected chi connectivity index (χ1v) is 10.1. The van der Waals surface area contributed by atoms with Crippen LogP contribution in [0.5, 0.6) is 0 Å². The van der Waals surface area contributed by atoms with E-state index in [0.29, 0.717) is 0 Å². The maximum Gasteiger partial charge on any atom is 0.337 e. The molecule has 1 unspecified atom stereocenters. The molecule has 6 heteroatoms. The van der Waals surface area contributed by atoms with Gasteiger partial charge in [-0.2, -0.15) is 5.10 Å². The Hall–Kier alpha value is -3.41. The van der Waals surface area contributed by atoms with Crippen molar-refractivity contribution in [1.82, 2.24) is 15.5 Å². The Morgan fingerprint density at radius 2 is 1.80 bits per heavy atom. The largest absolute Gasteiger partial charge is 0.361 e. The number of carbonyl (C=O) groups is 1. The fourth-order valence-corrected chi connectivity index (χ4v) is 4.02. The third-order valence-corrected chi connectivity index (χ3v) is 5.56. The number of fused-ring (bicyclic) bond motifs is 1. The fraction of sp³-hybridized carbons (Fsp3) is 0.292. The Morgan fingerprint density at radius 3 is 2.43 bits per heavy atom. The van der Waals surface area contributed by atoms with Gasteiger partial charge in [-0.25, -0.2) is 9.80 Å². The molecule has 2 heterocycles. The minimum Gasteiger partial charge on any atom is -0.361 e. The second-order valence-electron chi connectivity index (χ2n) is 7.84. The Balaban J connectivity index is 1.84. The standard InChI is InChI=1S/C24H26N4O2/c1-14-6-7-20-13-15(2)28(24(29)25-5)26-23(21(20)12-14)19-10-8-18(9-11-19)22-16(3)27-30-17(22)4/h6-12,15H,13H2,1-5H3,(H,25,29). The summed E-state index contributed by atoms with van der Waals surface area (Å²) in [6, 6.07) is 14.3. The minimum absolute atomic E-state index is 0.0505. The van der Waals surface area contributed by atoms with Gasteiger partial charge < -0.3 is 9.84 Å². The molecule has 0 saturated carbocycles. The summed E-state index contributed by atoms with van der Waals surface area (Å²) in [5, 5.41) is 13.1. The van der Waals surface area contributed by atoms with E-state index in [-0.39, 0.29) is 12.1 Å². The Bertz CT molecular complexity index is 1110. The van der Waals surface area contributed by atoms with Crippen LogP contribution in [0.2, 0.25) is 0 Å². The lowest BCUT2D eigenvalue weighted by Gasteiger charge is -2.22. The zero-order chi connectivity index (χ0) is 21.4. The van der Waals surface area contributed by atoms with Gasteiger partial charge in [0.1, 0.15) is 5.76 Å². The number of hydrogen-bond donors (Lipinski definition) is 1. The number of hydrogen-bond acceptors (Lipinski definition) is 4. The molecule has 2 amide bonds. The van der Waals surface area contributed by atoms with Crippen LogP contribution in [0.4, 0.5) is 4.79 Å². The Labute approximate surface area is 176 Å². The quantitative estimate of drug-likeness (QED) is 0.681. The number of benzene rings is 2. The van der Waals surface area contributed by atoms with Crippen molar-refractivity contribution in [3.63, 3.8) is 0 Å². The molecule has 0 spiro atoms. The molecule has 1 N–H and O–H groups in total. The van der Waals surface area contributed by atoms with Gasteiger partial charge in [-0.15, -0.1) is 0 Å². The van der Waals surface area contributed by atoms with Crippen LogP contribution in [0, 0.1) is 20.8 Å². The van der Waals surface area contributed by atoms with Gasteiger partial charge in [0.05, 0.1) is 17.4 Å². The molecule has 4 rings (SSSR count). The average molecular weight is 402 g/mol. The topological polar surface area (TPSA) is 70.7 Å². The van der Waals surface area contributed by atoms with E-state index >= 15 is 0 Å². The smallest absolute Gasteiger partial charge is 0.337 e. The van der Waals surface area contributed by atoms with Crippen LogP contribution in [0.3, 0.4) is 0 Å². The van der Waals surface area contributed by atoms with Crippen molar-refractivity contribution >= 4 is 11.7 Å². The molecule has 1 atom stereocenters. The highest BCUT2D eigenvalue weighted by molar-refractivity contribution is 6.14. The second-order valence-corrected chi connectivity index (χ2v) is 7.84. The molecular weight excluding hydrogens is 376 g/mol.